The number of carbonyl (C=O) groups is 1. The maximum absolute atomic E-state index is 12.5. The minimum Gasteiger partial charge on any atom is -0.378 e. The Kier molecular flexibility index (Phi) is 4.73. The van der Waals surface area contributed by atoms with Crippen molar-refractivity contribution in [2.75, 3.05) is 26.3 Å². The van der Waals surface area contributed by atoms with Crippen LogP contribution in [0, 0.1) is 5.92 Å². The van der Waals surface area contributed by atoms with E-state index in [9.17, 15) is 4.79 Å². The highest BCUT2D eigenvalue weighted by Gasteiger charge is 2.37. The molecule has 4 rings (SSSR count). The fourth-order valence-electron chi connectivity index (χ4n) is 4.07. The summed E-state index contributed by atoms with van der Waals surface area (Å²) >= 11 is 0. The molecule has 1 aliphatic carbocycles. The van der Waals surface area contributed by atoms with E-state index in [2.05, 4.69) is 54.7 Å². The molecular formula is C21H26N2O2. The van der Waals surface area contributed by atoms with E-state index in [4.69, 9.17) is 4.74 Å². The Morgan fingerprint density at radius 2 is 1.84 bits per heavy atom. The number of morpholine rings is 1. The molecule has 132 valence electrons. The van der Waals surface area contributed by atoms with Crippen LogP contribution in [-0.2, 0) is 9.53 Å². The molecule has 0 aromatic heterocycles. The summed E-state index contributed by atoms with van der Waals surface area (Å²) in [5.41, 5.74) is 1.33. The highest BCUT2D eigenvalue weighted by molar-refractivity contribution is 5.86. The van der Waals surface area contributed by atoms with Gasteiger partial charge in [-0.25, -0.2) is 0 Å². The second-order valence-electron chi connectivity index (χ2n) is 7.26. The number of hydrogen-bond acceptors (Lipinski definition) is 3. The zero-order chi connectivity index (χ0) is 17.2. The van der Waals surface area contributed by atoms with Gasteiger partial charge in [-0.1, -0.05) is 42.5 Å². The van der Waals surface area contributed by atoms with Gasteiger partial charge in [0.2, 0.25) is 5.91 Å². The van der Waals surface area contributed by atoms with Gasteiger partial charge in [-0.2, -0.15) is 0 Å². The van der Waals surface area contributed by atoms with Gasteiger partial charge < -0.3 is 15.0 Å². The standard InChI is InChI=1S/C21H26N2O2/c1-15(19-8-4-6-16-5-2-3-7-20(16)19)22-18-13-17(14-18)21(24)23-9-11-25-12-10-23/h2-8,15,17-18,22H,9-14H2,1H3. The number of carbonyl (C=O) groups excluding carboxylic acids is 1. The van der Waals surface area contributed by atoms with Crippen molar-refractivity contribution in [3.05, 3.63) is 48.0 Å². The van der Waals surface area contributed by atoms with E-state index in [1.54, 1.807) is 0 Å². The van der Waals surface area contributed by atoms with E-state index in [1.807, 2.05) is 4.90 Å². The van der Waals surface area contributed by atoms with Crippen LogP contribution in [0.5, 0.6) is 0 Å². The Balaban J connectivity index is 1.35. The van der Waals surface area contributed by atoms with Crippen LogP contribution in [0.2, 0.25) is 0 Å². The van der Waals surface area contributed by atoms with E-state index in [0.29, 0.717) is 25.2 Å². The van der Waals surface area contributed by atoms with Crippen LogP contribution in [0.4, 0.5) is 0 Å². The van der Waals surface area contributed by atoms with Gasteiger partial charge in [0.25, 0.3) is 0 Å². The number of fused-ring (bicyclic) bond motifs is 1. The molecule has 1 N–H and O–H groups in total. The van der Waals surface area contributed by atoms with Crippen molar-refractivity contribution in [3.8, 4) is 0 Å². The van der Waals surface area contributed by atoms with Crippen LogP contribution in [0.25, 0.3) is 10.8 Å². The Bertz CT molecular complexity index is 743. The lowest BCUT2D eigenvalue weighted by atomic mass is 9.78. The summed E-state index contributed by atoms with van der Waals surface area (Å²) < 4.78 is 5.33. The second kappa shape index (κ2) is 7.14. The van der Waals surface area contributed by atoms with E-state index in [1.165, 1.54) is 16.3 Å². The van der Waals surface area contributed by atoms with Gasteiger partial charge in [0.15, 0.2) is 0 Å². The quantitative estimate of drug-likeness (QED) is 0.931. The van der Waals surface area contributed by atoms with Crippen LogP contribution < -0.4 is 5.32 Å². The Morgan fingerprint density at radius 1 is 1.12 bits per heavy atom. The SMILES string of the molecule is CC(NC1CC(C(=O)N2CCOCC2)C1)c1cccc2ccccc12. The minimum atomic E-state index is 0.190. The molecule has 25 heavy (non-hydrogen) atoms. The van der Waals surface area contributed by atoms with Crippen molar-refractivity contribution in [1.29, 1.82) is 0 Å². The average Bonchev–Trinajstić information content (AvgIpc) is 2.64. The first-order valence-electron chi connectivity index (χ1n) is 9.32. The lowest BCUT2D eigenvalue weighted by Gasteiger charge is -2.40. The van der Waals surface area contributed by atoms with Gasteiger partial charge in [-0.15, -0.1) is 0 Å². The molecule has 2 aliphatic rings. The number of nitrogens with zero attached hydrogens (tertiary/aromatic N) is 1. The van der Waals surface area contributed by atoms with Crippen molar-refractivity contribution in [2.24, 2.45) is 5.92 Å². The third-order valence-electron chi connectivity index (χ3n) is 5.59. The summed E-state index contributed by atoms with van der Waals surface area (Å²) in [6.07, 6.45) is 1.90. The van der Waals surface area contributed by atoms with Crippen LogP contribution in [0.15, 0.2) is 42.5 Å². The summed E-state index contributed by atoms with van der Waals surface area (Å²) in [6, 6.07) is 15.7. The van der Waals surface area contributed by atoms with Gasteiger partial charge in [-0.05, 0) is 36.1 Å². The van der Waals surface area contributed by atoms with E-state index < -0.39 is 0 Å². The van der Waals surface area contributed by atoms with E-state index >= 15 is 0 Å². The van der Waals surface area contributed by atoms with Crippen molar-refractivity contribution >= 4 is 16.7 Å². The van der Waals surface area contributed by atoms with Gasteiger partial charge in [-0.3, -0.25) is 4.79 Å². The number of hydrogen-bond donors (Lipinski definition) is 1. The monoisotopic (exact) mass is 338 g/mol. The summed E-state index contributed by atoms with van der Waals surface area (Å²) in [5, 5.41) is 6.31. The molecule has 0 radical (unpaired) electrons. The Morgan fingerprint density at radius 3 is 2.64 bits per heavy atom. The lowest BCUT2D eigenvalue weighted by molar-refractivity contribution is -0.143. The minimum absolute atomic E-state index is 0.190. The molecule has 2 aromatic carbocycles. The molecule has 1 atom stereocenters. The van der Waals surface area contributed by atoms with Crippen LogP contribution in [0.3, 0.4) is 0 Å². The molecule has 2 fully saturated rings. The van der Waals surface area contributed by atoms with E-state index in [0.717, 1.165) is 25.9 Å². The predicted molar refractivity (Wildman–Crippen MR) is 99.4 cm³/mol. The van der Waals surface area contributed by atoms with Crippen molar-refractivity contribution in [2.45, 2.75) is 31.8 Å². The van der Waals surface area contributed by atoms with Crippen LogP contribution in [0.1, 0.15) is 31.4 Å². The molecule has 1 aliphatic heterocycles. The predicted octanol–water partition coefficient (Wildman–Crippen LogP) is 3.13. The molecule has 4 heteroatoms. The third-order valence-corrected chi connectivity index (χ3v) is 5.59. The van der Waals surface area contributed by atoms with Crippen LogP contribution in [-0.4, -0.2) is 43.2 Å². The van der Waals surface area contributed by atoms with Gasteiger partial charge in [0.05, 0.1) is 13.2 Å². The fourth-order valence-corrected chi connectivity index (χ4v) is 4.07. The maximum atomic E-state index is 12.5. The molecule has 1 amide bonds. The van der Waals surface area contributed by atoms with Crippen molar-refractivity contribution < 1.29 is 9.53 Å². The molecular weight excluding hydrogens is 312 g/mol. The van der Waals surface area contributed by atoms with Gasteiger partial charge >= 0.3 is 0 Å². The van der Waals surface area contributed by atoms with Crippen molar-refractivity contribution in [1.82, 2.24) is 10.2 Å². The topological polar surface area (TPSA) is 41.6 Å². The van der Waals surface area contributed by atoms with Crippen molar-refractivity contribution in [3.63, 3.8) is 0 Å². The van der Waals surface area contributed by atoms with Gasteiger partial charge in [0, 0.05) is 31.1 Å². The number of nitrogens with one attached hydrogen (secondary N) is 1. The largest absolute Gasteiger partial charge is 0.378 e. The highest BCUT2D eigenvalue weighted by Crippen LogP contribution is 2.32. The zero-order valence-corrected chi connectivity index (χ0v) is 14.8. The normalized spacial score (nSPS) is 24.8. The smallest absolute Gasteiger partial charge is 0.225 e. The Labute approximate surface area is 149 Å². The zero-order valence-electron chi connectivity index (χ0n) is 14.8. The first kappa shape index (κ1) is 16.6. The number of ether oxygens (including phenoxy) is 1. The molecule has 1 unspecified atom stereocenters. The highest BCUT2D eigenvalue weighted by atomic mass is 16.5. The number of benzene rings is 2. The molecule has 4 nitrogen and oxygen atoms in total. The van der Waals surface area contributed by atoms with Crippen LogP contribution >= 0.6 is 0 Å². The average molecular weight is 338 g/mol. The summed E-state index contributed by atoms with van der Waals surface area (Å²) in [7, 11) is 0. The lowest BCUT2D eigenvalue weighted by Crippen LogP contribution is -2.51. The summed E-state index contributed by atoms with van der Waals surface area (Å²) in [6.45, 7) is 5.08. The molecule has 1 saturated carbocycles. The molecule has 0 bridgehead atoms. The molecule has 2 aromatic rings. The molecule has 1 heterocycles. The third kappa shape index (κ3) is 3.42. The molecule has 0 spiro atoms. The fraction of sp³-hybridized carbons (Fsp3) is 0.476. The maximum Gasteiger partial charge on any atom is 0.225 e. The Hall–Kier alpha value is -1.91. The van der Waals surface area contributed by atoms with Gasteiger partial charge in [0.1, 0.15) is 0 Å². The number of amides is 1. The van der Waals surface area contributed by atoms with E-state index in [-0.39, 0.29) is 12.0 Å². The summed E-state index contributed by atoms with van der Waals surface area (Å²) in [5.74, 6) is 0.509. The molecule has 1 saturated heterocycles. The first-order chi connectivity index (χ1) is 12.2. The first-order valence-corrected chi connectivity index (χ1v) is 9.32. The summed E-state index contributed by atoms with van der Waals surface area (Å²) in [4.78, 5) is 14.5. The second-order valence-corrected chi connectivity index (χ2v) is 7.26. The number of rotatable bonds is 4.